The first-order chi connectivity index (χ1) is 7.78. The lowest BCUT2D eigenvalue weighted by atomic mass is 10.1. The molecule has 1 N–H and O–H groups in total. The number of nitrogens with one attached hydrogen (secondary N) is 1. The van der Waals surface area contributed by atoms with Gasteiger partial charge in [0, 0.05) is 17.8 Å². The van der Waals surface area contributed by atoms with Gasteiger partial charge in [-0.3, -0.25) is 0 Å². The maximum absolute atomic E-state index is 5.14. The Bertz CT molecular complexity index is 348. The van der Waals surface area contributed by atoms with Gasteiger partial charge in [0.2, 0.25) is 5.88 Å². The standard InChI is InChI=1S/C12H19N3O/c1-9-14-11(8-12(15-9)16-2)6-5-10-4-3-7-13-10/h8,10,13H,3-7H2,1-2H3. The Labute approximate surface area is 96.4 Å². The van der Waals surface area contributed by atoms with Crippen molar-refractivity contribution in [3.8, 4) is 5.88 Å². The van der Waals surface area contributed by atoms with Gasteiger partial charge in [-0.1, -0.05) is 0 Å². The smallest absolute Gasteiger partial charge is 0.216 e. The van der Waals surface area contributed by atoms with Crippen molar-refractivity contribution < 1.29 is 4.74 Å². The summed E-state index contributed by atoms with van der Waals surface area (Å²) >= 11 is 0. The summed E-state index contributed by atoms with van der Waals surface area (Å²) in [7, 11) is 1.64. The summed E-state index contributed by atoms with van der Waals surface area (Å²) in [5.41, 5.74) is 1.08. The van der Waals surface area contributed by atoms with Crippen molar-refractivity contribution in [1.29, 1.82) is 0 Å². The maximum Gasteiger partial charge on any atom is 0.216 e. The van der Waals surface area contributed by atoms with E-state index in [1.54, 1.807) is 7.11 Å². The minimum Gasteiger partial charge on any atom is -0.481 e. The van der Waals surface area contributed by atoms with E-state index in [9.17, 15) is 0 Å². The molecule has 2 rings (SSSR count). The summed E-state index contributed by atoms with van der Waals surface area (Å²) in [6, 6.07) is 2.60. The SMILES string of the molecule is COc1cc(CCC2CCCN2)nc(C)n1. The first kappa shape index (κ1) is 11.3. The molecule has 1 saturated heterocycles. The minimum absolute atomic E-state index is 0.668. The van der Waals surface area contributed by atoms with Crippen LogP contribution in [-0.2, 0) is 6.42 Å². The van der Waals surface area contributed by atoms with E-state index in [4.69, 9.17) is 4.74 Å². The van der Waals surface area contributed by atoms with Gasteiger partial charge in [-0.15, -0.1) is 0 Å². The lowest BCUT2D eigenvalue weighted by molar-refractivity contribution is 0.394. The summed E-state index contributed by atoms with van der Waals surface area (Å²) in [5, 5.41) is 3.50. The van der Waals surface area contributed by atoms with Crippen LogP contribution in [0.5, 0.6) is 5.88 Å². The zero-order valence-corrected chi connectivity index (χ0v) is 9.99. The van der Waals surface area contributed by atoms with E-state index < -0.39 is 0 Å². The molecule has 0 saturated carbocycles. The van der Waals surface area contributed by atoms with Crippen molar-refractivity contribution in [3.63, 3.8) is 0 Å². The summed E-state index contributed by atoms with van der Waals surface area (Å²) in [5.74, 6) is 1.45. The van der Waals surface area contributed by atoms with Gasteiger partial charge >= 0.3 is 0 Å². The summed E-state index contributed by atoms with van der Waals surface area (Å²) in [6.45, 7) is 3.07. The number of aromatic nitrogens is 2. The van der Waals surface area contributed by atoms with E-state index in [0.29, 0.717) is 11.9 Å². The van der Waals surface area contributed by atoms with Gasteiger partial charge in [0.05, 0.1) is 7.11 Å². The number of hydrogen-bond acceptors (Lipinski definition) is 4. The van der Waals surface area contributed by atoms with E-state index in [2.05, 4.69) is 15.3 Å². The average molecular weight is 221 g/mol. The molecule has 4 heteroatoms. The molecule has 1 aliphatic heterocycles. The van der Waals surface area contributed by atoms with Crippen molar-refractivity contribution in [2.45, 2.75) is 38.6 Å². The second-order valence-electron chi connectivity index (χ2n) is 4.28. The van der Waals surface area contributed by atoms with Gasteiger partial charge in [-0.2, -0.15) is 4.98 Å². The molecule has 1 unspecified atom stereocenters. The van der Waals surface area contributed by atoms with E-state index in [1.165, 1.54) is 12.8 Å². The van der Waals surface area contributed by atoms with Gasteiger partial charge in [-0.05, 0) is 39.2 Å². The van der Waals surface area contributed by atoms with Crippen LogP contribution in [0.25, 0.3) is 0 Å². The molecule has 4 nitrogen and oxygen atoms in total. The number of aryl methyl sites for hydroxylation is 2. The van der Waals surface area contributed by atoms with Gasteiger partial charge in [0.1, 0.15) is 5.82 Å². The monoisotopic (exact) mass is 221 g/mol. The van der Waals surface area contributed by atoms with Crippen LogP contribution in [0.1, 0.15) is 30.8 Å². The third kappa shape index (κ3) is 2.92. The molecule has 1 aliphatic rings. The number of hydrogen-bond donors (Lipinski definition) is 1. The first-order valence-corrected chi connectivity index (χ1v) is 5.90. The van der Waals surface area contributed by atoms with Crippen molar-refractivity contribution in [3.05, 3.63) is 17.6 Å². The summed E-state index contributed by atoms with van der Waals surface area (Å²) in [6.07, 6.45) is 4.75. The molecule has 0 radical (unpaired) electrons. The highest BCUT2D eigenvalue weighted by molar-refractivity contribution is 5.16. The third-order valence-electron chi connectivity index (χ3n) is 2.99. The van der Waals surface area contributed by atoms with Crippen LogP contribution in [0.3, 0.4) is 0 Å². The van der Waals surface area contributed by atoms with Gasteiger partial charge in [-0.25, -0.2) is 4.98 Å². The van der Waals surface area contributed by atoms with Crippen LogP contribution in [0.2, 0.25) is 0 Å². The molecule has 2 heterocycles. The van der Waals surface area contributed by atoms with E-state index in [0.717, 1.165) is 30.9 Å². The Kier molecular flexibility index (Phi) is 3.72. The van der Waals surface area contributed by atoms with Crippen LogP contribution < -0.4 is 10.1 Å². The van der Waals surface area contributed by atoms with E-state index in [-0.39, 0.29) is 0 Å². The zero-order chi connectivity index (χ0) is 11.4. The quantitative estimate of drug-likeness (QED) is 0.836. The van der Waals surface area contributed by atoms with Crippen LogP contribution in [0.15, 0.2) is 6.07 Å². The van der Waals surface area contributed by atoms with Crippen molar-refractivity contribution in [2.75, 3.05) is 13.7 Å². The number of rotatable bonds is 4. The predicted octanol–water partition coefficient (Wildman–Crippen LogP) is 1.48. The largest absolute Gasteiger partial charge is 0.481 e. The maximum atomic E-state index is 5.14. The Morgan fingerprint density at radius 1 is 1.50 bits per heavy atom. The lowest BCUT2D eigenvalue weighted by Crippen LogP contribution is -2.21. The molecule has 88 valence electrons. The number of methoxy groups -OCH3 is 1. The zero-order valence-electron chi connectivity index (χ0n) is 9.99. The predicted molar refractivity (Wildman–Crippen MR) is 62.7 cm³/mol. The fourth-order valence-electron chi connectivity index (χ4n) is 2.16. The Morgan fingerprint density at radius 2 is 2.38 bits per heavy atom. The van der Waals surface area contributed by atoms with Crippen LogP contribution >= 0.6 is 0 Å². The molecule has 1 aromatic heterocycles. The van der Waals surface area contributed by atoms with Crippen LogP contribution in [0.4, 0.5) is 0 Å². The Hall–Kier alpha value is -1.16. The van der Waals surface area contributed by atoms with Gasteiger partial charge in [0.25, 0.3) is 0 Å². The number of ether oxygens (including phenoxy) is 1. The van der Waals surface area contributed by atoms with Crippen molar-refractivity contribution in [2.24, 2.45) is 0 Å². The second-order valence-corrected chi connectivity index (χ2v) is 4.28. The van der Waals surface area contributed by atoms with Crippen LogP contribution in [-0.4, -0.2) is 29.7 Å². The Morgan fingerprint density at radius 3 is 3.06 bits per heavy atom. The fourth-order valence-corrected chi connectivity index (χ4v) is 2.16. The molecule has 1 atom stereocenters. The van der Waals surface area contributed by atoms with Crippen molar-refractivity contribution >= 4 is 0 Å². The average Bonchev–Trinajstić information content (AvgIpc) is 2.78. The van der Waals surface area contributed by atoms with Crippen molar-refractivity contribution in [1.82, 2.24) is 15.3 Å². The highest BCUT2D eigenvalue weighted by Gasteiger charge is 2.14. The second kappa shape index (κ2) is 5.25. The first-order valence-electron chi connectivity index (χ1n) is 5.90. The highest BCUT2D eigenvalue weighted by atomic mass is 16.5. The molecule has 1 fully saturated rings. The highest BCUT2D eigenvalue weighted by Crippen LogP contribution is 2.14. The molecular weight excluding hydrogens is 202 g/mol. The topological polar surface area (TPSA) is 47.0 Å². The van der Waals surface area contributed by atoms with E-state index >= 15 is 0 Å². The molecule has 0 spiro atoms. The molecule has 0 amide bonds. The fraction of sp³-hybridized carbons (Fsp3) is 0.667. The molecular formula is C12H19N3O. The normalized spacial score (nSPS) is 20.0. The summed E-state index contributed by atoms with van der Waals surface area (Å²) in [4.78, 5) is 8.61. The van der Waals surface area contributed by atoms with Gasteiger partial charge < -0.3 is 10.1 Å². The molecule has 0 aromatic carbocycles. The molecule has 0 aliphatic carbocycles. The van der Waals surface area contributed by atoms with Gasteiger partial charge in [0.15, 0.2) is 0 Å². The summed E-state index contributed by atoms with van der Waals surface area (Å²) < 4.78 is 5.14. The van der Waals surface area contributed by atoms with E-state index in [1.807, 2.05) is 13.0 Å². The molecule has 1 aromatic rings. The third-order valence-corrected chi connectivity index (χ3v) is 2.99. The minimum atomic E-state index is 0.668. The molecule has 0 bridgehead atoms. The lowest BCUT2D eigenvalue weighted by Gasteiger charge is -2.10. The van der Waals surface area contributed by atoms with Crippen LogP contribution in [0, 0.1) is 6.92 Å². The Balaban J connectivity index is 1.94. The number of nitrogens with zero attached hydrogens (tertiary/aromatic N) is 2. The molecule has 16 heavy (non-hydrogen) atoms.